The molecular formula is C19H21N5O3. The summed E-state index contributed by atoms with van der Waals surface area (Å²) in [6.07, 6.45) is 0.224. The van der Waals surface area contributed by atoms with Gasteiger partial charge in [0.1, 0.15) is 11.6 Å². The highest BCUT2D eigenvalue weighted by molar-refractivity contribution is 5.37. The first kappa shape index (κ1) is 18.4. The fourth-order valence-corrected chi connectivity index (χ4v) is 2.85. The summed E-state index contributed by atoms with van der Waals surface area (Å²) >= 11 is 0. The maximum Gasteiger partial charge on any atom is 0.254 e. The Morgan fingerprint density at radius 2 is 1.89 bits per heavy atom. The number of nitrogens with zero attached hydrogens (tertiary/aromatic N) is 2. The Bertz CT molecular complexity index is 1070. The molecule has 0 atom stereocenters. The van der Waals surface area contributed by atoms with Crippen molar-refractivity contribution >= 4 is 5.95 Å². The zero-order valence-corrected chi connectivity index (χ0v) is 15.4. The van der Waals surface area contributed by atoms with Gasteiger partial charge in [0.25, 0.3) is 11.1 Å². The Morgan fingerprint density at radius 3 is 2.63 bits per heavy atom. The molecule has 0 aliphatic carbocycles. The molecule has 0 saturated carbocycles. The SMILES string of the molecule is COc1ccccc1CNc1nc(Cc2c(C)nc(C)[nH]c2=O)cc(=O)[nH]1. The summed E-state index contributed by atoms with van der Waals surface area (Å²) in [6.45, 7) is 3.93. The summed E-state index contributed by atoms with van der Waals surface area (Å²) in [5, 5.41) is 3.09. The number of para-hydroxylation sites is 1. The molecule has 0 fully saturated rings. The van der Waals surface area contributed by atoms with Gasteiger partial charge in [-0.25, -0.2) is 9.97 Å². The normalized spacial score (nSPS) is 10.6. The van der Waals surface area contributed by atoms with Crippen LogP contribution in [0.15, 0.2) is 39.9 Å². The van der Waals surface area contributed by atoms with Crippen molar-refractivity contribution in [3.63, 3.8) is 0 Å². The van der Waals surface area contributed by atoms with Crippen LogP contribution in [0.25, 0.3) is 0 Å². The molecule has 0 saturated heterocycles. The van der Waals surface area contributed by atoms with Gasteiger partial charge in [-0.3, -0.25) is 14.6 Å². The predicted molar refractivity (Wildman–Crippen MR) is 102 cm³/mol. The third-order valence-corrected chi connectivity index (χ3v) is 4.13. The van der Waals surface area contributed by atoms with Crippen molar-refractivity contribution in [1.82, 2.24) is 19.9 Å². The van der Waals surface area contributed by atoms with E-state index in [0.717, 1.165) is 11.3 Å². The smallest absolute Gasteiger partial charge is 0.254 e. The second kappa shape index (κ2) is 7.86. The topological polar surface area (TPSA) is 113 Å². The van der Waals surface area contributed by atoms with Crippen molar-refractivity contribution in [2.24, 2.45) is 0 Å². The number of aromatic nitrogens is 4. The number of H-pyrrole nitrogens is 2. The predicted octanol–water partition coefficient (Wildman–Crippen LogP) is 1.68. The molecule has 2 heterocycles. The molecule has 0 bridgehead atoms. The number of aromatic amines is 2. The Morgan fingerprint density at radius 1 is 1.11 bits per heavy atom. The van der Waals surface area contributed by atoms with Gasteiger partial charge in [0, 0.05) is 35.9 Å². The third-order valence-electron chi connectivity index (χ3n) is 4.13. The lowest BCUT2D eigenvalue weighted by Crippen LogP contribution is -2.20. The van der Waals surface area contributed by atoms with Crippen LogP contribution in [0.1, 0.15) is 28.3 Å². The first-order chi connectivity index (χ1) is 13.0. The zero-order chi connectivity index (χ0) is 19.4. The van der Waals surface area contributed by atoms with Gasteiger partial charge in [0.2, 0.25) is 5.95 Å². The van der Waals surface area contributed by atoms with Crippen LogP contribution in [0.2, 0.25) is 0 Å². The highest BCUT2D eigenvalue weighted by Crippen LogP contribution is 2.18. The van der Waals surface area contributed by atoms with Crippen LogP contribution in [0.3, 0.4) is 0 Å². The number of ether oxygens (including phenoxy) is 1. The summed E-state index contributed by atoms with van der Waals surface area (Å²) in [4.78, 5) is 38.2. The molecule has 140 valence electrons. The Kier molecular flexibility index (Phi) is 5.35. The number of hydrogen-bond donors (Lipinski definition) is 3. The minimum Gasteiger partial charge on any atom is -0.496 e. The molecule has 27 heavy (non-hydrogen) atoms. The van der Waals surface area contributed by atoms with E-state index in [0.29, 0.717) is 35.3 Å². The molecule has 1 aromatic carbocycles. The van der Waals surface area contributed by atoms with Crippen LogP contribution >= 0.6 is 0 Å². The van der Waals surface area contributed by atoms with E-state index in [9.17, 15) is 9.59 Å². The molecule has 0 spiro atoms. The fourth-order valence-electron chi connectivity index (χ4n) is 2.85. The summed E-state index contributed by atoms with van der Waals surface area (Å²) in [5.41, 5.74) is 2.03. The lowest BCUT2D eigenvalue weighted by molar-refractivity contribution is 0.410. The van der Waals surface area contributed by atoms with Gasteiger partial charge in [-0.1, -0.05) is 18.2 Å². The van der Waals surface area contributed by atoms with Crippen LogP contribution in [0.4, 0.5) is 5.95 Å². The Hall–Kier alpha value is -3.42. The Balaban J connectivity index is 1.83. The Labute approximate surface area is 155 Å². The summed E-state index contributed by atoms with van der Waals surface area (Å²) in [7, 11) is 1.61. The van der Waals surface area contributed by atoms with E-state index in [4.69, 9.17) is 4.74 Å². The van der Waals surface area contributed by atoms with Gasteiger partial charge in [0.05, 0.1) is 12.8 Å². The van der Waals surface area contributed by atoms with Crippen molar-refractivity contribution in [3.8, 4) is 5.75 Å². The molecule has 0 aliphatic heterocycles. The first-order valence-electron chi connectivity index (χ1n) is 8.48. The van der Waals surface area contributed by atoms with Gasteiger partial charge < -0.3 is 15.0 Å². The van der Waals surface area contributed by atoms with Crippen LogP contribution in [-0.2, 0) is 13.0 Å². The average Bonchev–Trinajstić information content (AvgIpc) is 2.63. The van der Waals surface area contributed by atoms with E-state index >= 15 is 0 Å². The van der Waals surface area contributed by atoms with E-state index < -0.39 is 0 Å². The molecule has 3 rings (SSSR count). The number of hydrogen-bond acceptors (Lipinski definition) is 6. The highest BCUT2D eigenvalue weighted by atomic mass is 16.5. The lowest BCUT2D eigenvalue weighted by atomic mass is 10.1. The number of methoxy groups -OCH3 is 1. The summed E-state index contributed by atoms with van der Waals surface area (Å²) in [6, 6.07) is 8.97. The van der Waals surface area contributed by atoms with Crippen LogP contribution in [0, 0.1) is 13.8 Å². The van der Waals surface area contributed by atoms with Crippen molar-refractivity contribution in [3.05, 3.63) is 79.4 Å². The molecule has 3 aromatic rings. The molecule has 8 nitrogen and oxygen atoms in total. The average molecular weight is 367 g/mol. The second-order valence-electron chi connectivity index (χ2n) is 6.14. The van der Waals surface area contributed by atoms with Crippen LogP contribution < -0.4 is 21.2 Å². The minimum atomic E-state index is -0.295. The molecule has 0 unspecified atom stereocenters. The molecule has 0 amide bonds. The summed E-state index contributed by atoms with van der Waals surface area (Å²) in [5.74, 6) is 1.63. The molecular weight excluding hydrogens is 346 g/mol. The van der Waals surface area contributed by atoms with Gasteiger partial charge in [0.15, 0.2) is 0 Å². The number of anilines is 1. The number of nitrogens with one attached hydrogen (secondary N) is 3. The van der Waals surface area contributed by atoms with E-state index in [1.807, 2.05) is 24.3 Å². The van der Waals surface area contributed by atoms with E-state index in [1.165, 1.54) is 6.07 Å². The van der Waals surface area contributed by atoms with Crippen LogP contribution in [0.5, 0.6) is 5.75 Å². The molecule has 0 radical (unpaired) electrons. The van der Waals surface area contributed by atoms with Gasteiger partial charge in [-0.15, -0.1) is 0 Å². The maximum atomic E-state index is 12.2. The maximum absolute atomic E-state index is 12.2. The van der Waals surface area contributed by atoms with Crippen molar-refractivity contribution < 1.29 is 4.74 Å². The second-order valence-corrected chi connectivity index (χ2v) is 6.14. The molecule has 3 N–H and O–H groups in total. The monoisotopic (exact) mass is 367 g/mol. The number of rotatable bonds is 6. The van der Waals surface area contributed by atoms with Crippen molar-refractivity contribution in [2.75, 3.05) is 12.4 Å². The highest BCUT2D eigenvalue weighted by Gasteiger charge is 2.11. The first-order valence-corrected chi connectivity index (χ1v) is 8.48. The number of aryl methyl sites for hydroxylation is 2. The van der Waals surface area contributed by atoms with Crippen LogP contribution in [-0.4, -0.2) is 27.0 Å². The largest absolute Gasteiger partial charge is 0.496 e. The van der Waals surface area contributed by atoms with Gasteiger partial charge >= 0.3 is 0 Å². The fraction of sp³-hybridized carbons (Fsp3) is 0.263. The quantitative estimate of drug-likeness (QED) is 0.611. The summed E-state index contributed by atoms with van der Waals surface area (Å²) < 4.78 is 5.32. The van der Waals surface area contributed by atoms with Crippen molar-refractivity contribution in [1.29, 1.82) is 0 Å². The van der Waals surface area contributed by atoms with E-state index in [2.05, 4.69) is 25.3 Å². The van der Waals surface area contributed by atoms with E-state index in [-0.39, 0.29) is 17.5 Å². The molecule has 8 heteroatoms. The minimum absolute atomic E-state index is 0.217. The van der Waals surface area contributed by atoms with Gasteiger partial charge in [-0.05, 0) is 19.9 Å². The van der Waals surface area contributed by atoms with Gasteiger partial charge in [-0.2, -0.15) is 0 Å². The number of benzene rings is 1. The molecule has 0 aliphatic rings. The molecule has 2 aromatic heterocycles. The zero-order valence-electron chi connectivity index (χ0n) is 15.4. The third kappa shape index (κ3) is 4.41. The lowest BCUT2D eigenvalue weighted by Gasteiger charge is -2.10. The van der Waals surface area contributed by atoms with Crippen molar-refractivity contribution in [2.45, 2.75) is 26.8 Å². The van der Waals surface area contributed by atoms with E-state index in [1.54, 1.807) is 21.0 Å². The standard InChI is InChI=1S/C19H21N5O3/c1-11-15(18(26)22-12(2)21-11)8-14-9-17(25)24-19(23-14)20-10-13-6-4-5-7-16(13)27-3/h4-7,9H,8,10H2,1-3H3,(H,21,22,26)(H2,20,23,24,25).